The number of benzene rings is 1. The molecule has 3 N–H and O–H groups in total. The van der Waals surface area contributed by atoms with Crippen LogP contribution in [0.5, 0.6) is 0 Å². The molecule has 0 atom stereocenters. The number of carbonyl (C=O) groups is 1. The van der Waals surface area contributed by atoms with E-state index in [0.717, 1.165) is 56.0 Å². The van der Waals surface area contributed by atoms with E-state index in [1.54, 1.807) is 0 Å². The molecule has 1 aromatic carbocycles. The van der Waals surface area contributed by atoms with Crippen LogP contribution in [0.1, 0.15) is 51.3 Å². The molecular weight excluding hydrogens is 326 g/mol. The monoisotopic (exact) mass is 355 g/mol. The number of nitrogens with one attached hydrogen (secondary N) is 1. The number of carbonyl (C=O) groups excluding carboxylic acids is 1. The van der Waals surface area contributed by atoms with Crippen LogP contribution in [0.2, 0.25) is 0 Å². The van der Waals surface area contributed by atoms with Crippen LogP contribution in [-0.4, -0.2) is 45.6 Å². The Morgan fingerprint density at radius 1 is 1.23 bits per heavy atom. The smallest absolute Gasteiger partial charge is 0.230 e. The van der Waals surface area contributed by atoms with Crippen LogP contribution in [0.25, 0.3) is 11.4 Å². The van der Waals surface area contributed by atoms with E-state index in [1.165, 1.54) is 0 Å². The van der Waals surface area contributed by atoms with E-state index >= 15 is 0 Å². The highest BCUT2D eigenvalue weighted by Gasteiger charge is 2.38. The van der Waals surface area contributed by atoms with Crippen LogP contribution in [-0.2, 0) is 4.79 Å². The molecule has 0 unspecified atom stereocenters. The Labute approximate surface area is 155 Å². The number of aromatic nitrogens is 3. The van der Waals surface area contributed by atoms with Crippen molar-refractivity contribution < 1.29 is 4.79 Å². The van der Waals surface area contributed by atoms with Crippen molar-refractivity contribution in [3.8, 4) is 11.4 Å². The Morgan fingerprint density at radius 3 is 2.46 bits per heavy atom. The zero-order chi connectivity index (χ0) is 18.6. The molecule has 6 heteroatoms. The fraction of sp³-hybridized carbons (Fsp3) is 0.550. The second kappa shape index (κ2) is 7.99. The summed E-state index contributed by atoms with van der Waals surface area (Å²) < 4.78 is 0. The van der Waals surface area contributed by atoms with E-state index < -0.39 is 5.41 Å². The summed E-state index contributed by atoms with van der Waals surface area (Å²) in [5, 5.41) is 7.46. The summed E-state index contributed by atoms with van der Waals surface area (Å²) in [6, 6.07) is 9.98. The van der Waals surface area contributed by atoms with Crippen LogP contribution >= 0.6 is 0 Å². The predicted octanol–water partition coefficient (Wildman–Crippen LogP) is 2.94. The quantitative estimate of drug-likeness (QED) is 0.834. The van der Waals surface area contributed by atoms with E-state index in [1.807, 2.05) is 35.2 Å². The second-order valence-corrected chi connectivity index (χ2v) is 7.17. The van der Waals surface area contributed by atoms with Gasteiger partial charge in [-0.05, 0) is 25.7 Å². The predicted molar refractivity (Wildman–Crippen MR) is 102 cm³/mol. The number of likely N-dealkylation sites (tertiary alicyclic amines) is 1. The van der Waals surface area contributed by atoms with Crippen molar-refractivity contribution in [2.75, 3.05) is 19.6 Å². The standard InChI is InChI=1S/C20H29N5O/c1-3-20(4-2,14-21)19(26)25-12-10-16(11-13-25)18-22-17(23-24-18)15-8-6-5-7-9-15/h5-9,16H,3-4,10-14,21H2,1-2H3,(H,22,23,24). The summed E-state index contributed by atoms with van der Waals surface area (Å²) in [6.07, 6.45) is 3.40. The fourth-order valence-electron chi connectivity index (χ4n) is 3.79. The first kappa shape index (κ1) is 18.6. The summed E-state index contributed by atoms with van der Waals surface area (Å²) in [4.78, 5) is 19.6. The molecule has 0 radical (unpaired) electrons. The minimum atomic E-state index is -0.403. The number of hydrogen-bond donors (Lipinski definition) is 2. The first-order valence-electron chi connectivity index (χ1n) is 9.60. The lowest BCUT2D eigenvalue weighted by Crippen LogP contribution is -2.50. The van der Waals surface area contributed by atoms with Crippen molar-refractivity contribution in [3.05, 3.63) is 36.2 Å². The largest absolute Gasteiger partial charge is 0.342 e. The first-order valence-corrected chi connectivity index (χ1v) is 9.60. The van der Waals surface area contributed by atoms with Gasteiger partial charge in [0, 0.05) is 31.1 Å². The third-order valence-electron chi connectivity index (χ3n) is 5.90. The van der Waals surface area contributed by atoms with Gasteiger partial charge in [-0.2, -0.15) is 5.10 Å². The maximum Gasteiger partial charge on any atom is 0.230 e. The number of hydrogen-bond acceptors (Lipinski definition) is 4. The summed E-state index contributed by atoms with van der Waals surface area (Å²) in [6.45, 7) is 6.04. The van der Waals surface area contributed by atoms with E-state index in [-0.39, 0.29) is 5.91 Å². The Bertz CT molecular complexity index is 707. The molecule has 1 saturated heterocycles. The van der Waals surface area contributed by atoms with Gasteiger partial charge >= 0.3 is 0 Å². The molecule has 26 heavy (non-hydrogen) atoms. The highest BCUT2D eigenvalue weighted by Crippen LogP contribution is 2.32. The van der Waals surface area contributed by atoms with Crippen molar-refractivity contribution >= 4 is 5.91 Å². The molecule has 0 aliphatic carbocycles. The molecule has 1 aromatic heterocycles. The molecule has 2 aromatic rings. The number of piperidine rings is 1. The van der Waals surface area contributed by atoms with Gasteiger partial charge < -0.3 is 10.6 Å². The average Bonchev–Trinajstić information content (AvgIpc) is 3.21. The molecule has 2 heterocycles. The third kappa shape index (κ3) is 3.51. The number of nitrogens with two attached hydrogens (primary N) is 1. The molecule has 1 aliphatic rings. The number of H-pyrrole nitrogens is 1. The number of aromatic amines is 1. The van der Waals surface area contributed by atoms with Crippen molar-refractivity contribution in [1.82, 2.24) is 20.1 Å². The number of rotatable bonds is 6. The van der Waals surface area contributed by atoms with Gasteiger partial charge in [-0.3, -0.25) is 9.89 Å². The highest BCUT2D eigenvalue weighted by molar-refractivity contribution is 5.83. The van der Waals surface area contributed by atoms with Gasteiger partial charge in [-0.25, -0.2) is 4.98 Å². The molecule has 3 rings (SSSR count). The van der Waals surface area contributed by atoms with Crippen molar-refractivity contribution in [3.63, 3.8) is 0 Å². The van der Waals surface area contributed by atoms with E-state index in [4.69, 9.17) is 5.73 Å². The minimum Gasteiger partial charge on any atom is -0.342 e. The van der Waals surface area contributed by atoms with Crippen molar-refractivity contribution in [1.29, 1.82) is 0 Å². The lowest BCUT2D eigenvalue weighted by molar-refractivity contribution is -0.143. The maximum absolute atomic E-state index is 13.0. The van der Waals surface area contributed by atoms with Crippen molar-refractivity contribution in [2.45, 2.75) is 45.4 Å². The average molecular weight is 355 g/mol. The van der Waals surface area contributed by atoms with Crippen LogP contribution < -0.4 is 5.73 Å². The van der Waals surface area contributed by atoms with E-state index in [0.29, 0.717) is 12.5 Å². The Hall–Kier alpha value is -2.21. The van der Waals surface area contributed by atoms with Crippen LogP contribution in [0.4, 0.5) is 0 Å². The fourth-order valence-corrected chi connectivity index (χ4v) is 3.79. The number of amides is 1. The van der Waals surface area contributed by atoms with Crippen molar-refractivity contribution in [2.24, 2.45) is 11.1 Å². The minimum absolute atomic E-state index is 0.214. The Morgan fingerprint density at radius 2 is 1.88 bits per heavy atom. The first-order chi connectivity index (χ1) is 12.6. The molecular formula is C20H29N5O. The van der Waals surface area contributed by atoms with Gasteiger partial charge in [0.1, 0.15) is 5.82 Å². The SMILES string of the molecule is CCC(CC)(CN)C(=O)N1CCC(c2nc(-c3ccccc3)n[nH]2)CC1. The topological polar surface area (TPSA) is 87.9 Å². The lowest BCUT2D eigenvalue weighted by atomic mass is 9.80. The van der Waals surface area contributed by atoms with E-state index in [9.17, 15) is 4.79 Å². The molecule has 0 bridgehead atoms. The maximum atomic E-state index is 13.0. The molecule has 1 aliphatic heterocycles. The third-order valence-corrected chi connectivity index (χ3v) is 5.90. The zero-order valence-corrected chi connectivity index (χ0v) is 15.7. The molecule has 1 amide bonds. The molecule has 1 fully saturated rings. The molecule has 6 nitrogen and oxygen atoms in total. The summed E-state index contributed by atoms with van der Waals surface area (Å²) in [5.41, 5.74) is 6.55. The van der Waals surface area contributed by atoms with Crippen LogP contribution in [0.15, 0.2) is 30.3 Å². The normalized spacial score (nSPS) is 16.0. The summed E-state index contributed by atoms with van der Waals surface area (Å²) in [5.74, 6) is 2.19. The van der Waals surface area contributed by atoms with Crippen LogP contribution in [0, 0.1) is 5.41 Å². The summed E-state index contributed by atoms with van der Waals surface area (Å²) >= 11 is 0. The Balaban J connectivity index is 1.64. The zero-order valence-electron chi connectivity index (χ0n) is 15.7. The molecule has 0 spiro atoms. The molecule has 0 saturated carbocycles. The van der Waals surface area contributed by atoms with Gasteiger partial charge in [-0.1, -0.05) is 44.2 Å². The van der Waals surface area contributed by atoms with Gasteiger partial charge in [0.05, 0.1) is 5.41 Å². The lowest BCUT2D eigenvalue weighted by Gasteiger charge is -2.38. The van der Waals surface area contributed by atoms with Crippen LogP contribution in [0.3, 0.4) is 0 Å². The van der Waals surface area contributed by atoms with Gasteiger partial charge in [0.2, 0.25) is 5.91 Å². The Kier molecular flexibility index (Phi) is 5.71. The number of nitrogens with zero attached hydrogens (tertiary/aromatic N) is 3. The second-order valence-electron chi connectivity index (χ2n) is 7.17. The summed E-state index contributed by atoms with van der Waals surface area (Å²) in [7, 11) is 0. The van der Waals surface area contributed by atoms with E-state index in [2.05, 4.69) is 29.0 Å². The molecule has 140 valence electrons. The van der Waals surface area contributed by atoms with Gasteiger partial charge in [0.15, 0.2) is 5.82 Å². The highest BCUT2D eigenvalue weighted by atomic mass is 16.2. The van der Waals surface area contributed by atoms with Gasteiger partial charge in [0.25, 0.3) is 0 Å². The van der Waals surface area contributed by atoms with Gasteiger partial charge in [-0.15, -0.1) is 0 Å².